The van der Waals surface area contributed by atoms with Gasteiger partial charge in [-0.1, -0.05) is 19.9 Å². The van der Waals surface area contributed by atoms with E-state index in [0.29, 0.717) is 18.4 Å². The van der Waals surface area contributed by atoms with Gasteiger partial charge in [-0.05, 0) is 43.2 Å². The van der Waals surface area contributed by atoms with Crippen LogP contribution in [0, 0.1) is 11.8 Å². The maximum Gasteiger partial charge on any atom is 0.0689 e. The van der Waals surface area contributed by atoms with Crippen molar-refractivity contribution in [3.8, 4) is 0 Å². The van der Waals surface area contributed by atoms with E-state index in [1.807, 2.05) is 0 Å². The second kappa shape index (κ2) is 8.67. The zero-order valence-corrected chi connectivity index (χ0v) is 11.2. The Morgan fingerprint density at radius 1 is 1.47 bits per heavy atom. The van der Waals surface area contributed by atoms with Crippen LogP contribution in [0.2, 0.25) is 0 Å². The fourth-order valence-corrected chi connectivity index (χ4v) is 2.32. The highest BCUT2D eigenvalue weighted by Crippen LogP contribution is 2.14. The highest BCUT2D eigenvalue weighted by Gasteiger charge is 2.11. The van der Waals surface area contributed by atoms with E-state index in [-0.39, 0.29) is 0 Å². The molecule has 1 rings (SSSR count). The van der Waals surface area contributed by atoms with E-state index in [1.165, 1.54) is 12.0 Å². The molecule has 3 nitrogen and oxygen atoms in total. The molecule has 0 amide bonds. The van der Waals surface area contributed by atoms with E-state index in [0.717, 1.165) is 39.1 Å². The summed E-state index contributed by atoms with van der Waals surface area (Å²) >= 11 is 0. The third-order valence-corrected chi connectivity index (χ3v) is 3.11. The van der Waals surface area contributed by atoms with Crippen molar-refractivity contribution in [2.75, 3.05) is 32.9 Å². The summed E-state index contributed by atoms with van der Waals surface area (Å²) in [4.78, 5) is 0. The van der Waals surface area contributed by atoms with E-state index in [2.05, 4.69) is 25.2 Å². The second-order valence-corrected chi connectivity index (χ2v) is 5.34. The van der Waals surface area contributed by atoms with Gasteiger partial charge in [-0.2, -0.15) is 0 Å². The summed E-state index contributed by atoms with van der Waals surface area (Å²) in [7, 11) is 0. The molecule has 0 fully saturated rings. The van der Waals surface area contributed by atoms with Gasteiger partial charge in [0, 0.05) is 13.2 Å². The average molecular weight is 241 g/mol. The fourth-order valence-electron chi connectivity index (χ4n) is 2.32. The molecule has 1 heterocycles. The number of hydrogen-bond acceptors (Lipinski definition) is 3. The summed E-state index contributed by atoms with van der Waals surface area (Å²) in [5, 5.41) is 12.5. The van der Waals surface area contributed by atoms with Crippen molar-refractivity contribution in [2.24, 2.45) is 11.8 Å². The Morgan fingerprint density at radius 3 is 2.88 bits per heavy atom. The first-order valence-electron chi connectivity index (χ1n) is 6.79. The fraction of sp³-hybridized carbons (Fsp3) is 0.857. The first-order chi connectivity index (χ1) is 8.22. The largest absolute Gasteiger partial charge is 0.396 e. The van der Waals surface area contributed by atoms with Crippen molar-refractivity contribution in [1.82, 2.24) is 5.32 Å². The predicted octanol–water partition coefficient (Wildman–Crippen LogP) is 1.97. The summed E-state index contributed by atoms with van der Waals surface area (Å²) in [6, 6.07) is 0. The van der Waals surface area contributed by atoms with Crippen LogP contribution in [-0.2, 0) is 4.74 Å². The minimum absolute atomic E-state index is 0.297. The molecule has 3 heteroatoms. The summed E-state index contributed by atoms with van der Waals surface area (Å²) in [5.41, 5.74) is 1.36. The van der Waals surface area contributed by atoms with Gasteiger partial charge in [-0.25, -0.2) is 0 Å². The van der Waals surface area contributed by atoms with Crippen molar-refractivity contribution in [2.45, 2.75) is 33.1 Å². The Morgan fingerprint density at radius 2 is 2.29 bits per heavy atom. The summed E-state index contributed by atoms with van der Waals surface area (Å²) in [6.45, 7) is 8.34. The zero-order valence-electron chi connectivity index (χ0n) is 11.2. The smallest absolute Gasteiger partial charge is 0.0689 e. The minimum Gasteiger partial charge on any atom is -0.396 e. The van der Waals surface area contributed by atoms with Crippen molar-refractivity contribution >= 4 is 0 Å². The third-order valence-electron chi connectivity index (χ3n) is 3.11. The maximum absolute atomic E-state index is 9.04. The Bertz CT molecular complexity index is 226. The van der Waals surface area contributed by atoms with Crippen molar-refractivity contribution in [3.63, 3.8) is 0 Å². The molecule has 0 aromatic carbocycles. The predicted molar refractivity (Wildman–Crippen MR) is 71.0 cm³/mol. The van der Waals surface area contributed by atoms with Crippen LogP contribution in [0.3, 0.4) is 0 Å². The topological polar surface area (TPSA) is 41.5 Å². The van der Waals surface area contributed by atoms with Gasteiger partial charge < -0.3 is 15.2 Å². The molecule has 0 saturated carbocycles. The molecule has 1 unspecified atom stereocenters. The standard InChI is InChI=1S/C14H27NO2/c1-12(2)8-13(5-6-16)9-15-10-14-4-3-7-17-11-14/h4,12-13,15-16H,3,5-11H2,1-2H3. The molecule has 0 saturated heterocycles. The Hall–Kier alpha value is -0.380. The summed E-state index contributed by atoms with van der Waals surface area (Å²) in [5.74, 6) is 1.29. The van der Waals surface area contributed by atoms with Gasteiger partial charge in [-0.15, -0.1) is 0 Å². The van der Waals surface area contributed by atoms with Gasteiger partial charge in [0.1, 0.15) is 0 Å². The molecule has 17 heavy (non-hydrogen) atoms. The normalized spacial score (nSPS) is 18.2. The number of aliphatic hydroxyl groups excluding tert-OH is 1. The van der Waals surface area contributed by atoms with Crippen LogP contribution in [0.1, 0.15) is 33.1 Å². The molecule has 1 atom stereocenters. The third kappa shape index (κ3) is 6.81. The van der Waals surface area contributed by atoms with Crippen LogP contribution in [-0.4, -0.2) is 38.0 Å². The maximum atomic E-state index is 9.04. The Labute approximate surface area is 105 Å². The molecule has 1 aliphatic heterocycles. The summed E-state index contributed by atoms with van der Waals surface area (Å²) < 4.78 is 5.40. The van der Waals surface area contributed by atoms with E-state index >= 15 is 0 Å². The lowest BCUT2D eigenvalue weighted by molar-refractivity contribution is 0.148. The van der Waals surface area contributed by atoms with Crippen LogP contribution < -0.4 is 5.32 Å². The Kier molecular flexibility index (Phi) is 7.49. The number of aliphatic hydroxyl groups is 1. The van der Waals surface area contributed by atoms with Crippen molar-refractivity contribution in [1.29, 1.82) is 0 Å². The van der Waals surface area contributed by atoms with Gasteiger partial charge >= 0.3 is 0 Å². The molecule has 0 bridgehead atoms. The van der Waals surface area contributed by atoms with E-state index in [9.17, 15) is 0 Å². The second-order valence-electron chi connectivity index (χ2n) is 5.34. The van der Waals surface area contributed by atoms with Crippen molar-refractivity contribution < 1.29 is 9.84 Å². The number of nitrogens with one attached hydrogen (secondary N) is 1. The molecule has 0 aliphatic carbocycles. The van der Waals surface area contributed by atoms with Gasteiger partial charge in [0.05, 0.1) is 13.2 Å². The molecule has 1 aliphatic rings. The molecular weight excluding hydrogens is 214 g/mol. The lowest BCUT2D eigenvalue weighted by Crippen LogP contribution is -2.28. The van der Waals surface area contributed by atoms with E-state index < -0.39 is 0 Å². The van der Waals surface area contributed by atoms with Crippen LogP contribution in [0.5, 0.6) is 0 Å². The lowest BCUT2D eigenvalue weighted by Gasteiger charge is -2.20. The van der Waals surface area contributed by atoms with Crippen LogP contribution in [0.15, 0.2) is 11.6 Å². The molecular formula is C14H27NO2. The highest BCUT2D eigenvalue weighted by atomic mass is 16.5. The highest BCUT2D eigenvalue weighted by molar-refractivity contribution is 5.06. The molecule has 2 N–H and O–H groups in total. The van der Waals surface area contributed by atoms with Crippen molar-refractivity contribution in [3.05, 3.63) is 11.6 Å². The average Bonchev–Trinajstić information content (AvgIpc) is 2.30. The van der Waals surface area contributed by atoms with Gasteiger partial charge in [0.25, 0.3) is 0 Å². The van der Waals surface area contributed by atoms with Crippen LogP contribution in [0.4, 0.5) is 0 Å². The number of hydrogen-bond donors (Lipinski definition) is 2. The SMILES string of the molecule is CC(C)CC(CCO)CNCC1=CCCOC1. The first kappa shape index (κ1) is 14.7. The molecule has 0 radical (unpaired) electrons. The van der Waals surface area contributed by atoms with Gasteiger partial charge in [0.2, 0.25) is 0 Å². The van der Waals surface area contributed by atoms with E-state index in [4.69, 9.17) is 9.84 Å². The number of rotatable bonds is 8. The quantitative estimate of drug-likeness (QED) is 0.638. The lowest BCUT2D eigenvalue weighted by atomic mass is 9.94. The first-order valence-corrected chi connectivity index (χ1v) is 6.79. The molecule has 0 aromatic rings. The molecule has 100 valence electrons. The van der Waals surface area contributed by atoms with Crippen LogP contribution >= 0.6 is 0 Å². The Balaban J connectivity index is 2.18. The van der Waals surface area contributed by atoms with Gasteiger partial charge in [0.15, 0.2) is 0 Å². The van der Waals surface area contributed by atoms with E-state index in [1.54, 1.807) is 0 Å². The van der Waals surface area contributed by atoms with Crippen LogP contribution in [0.25, 0.3) is 0 Å². The zero-order chi connectivity index (χ0) is 12.5. The minimum atomic E-state index is 0.297. The number of ether oxygens (including phenoxy) is 1. The molecule has 0 spiro atoms. The summed E-state index contributed by atoms with van der Waals surface area (Å²) in [6.07, 6.45) is 5.41. The monoisotopic (exact) mass is 241 g/mol. The molecule has 0 aromatic heterocycles. The van der Waals surface area contributed by atoms with Gasteiger partial charge in [-0.3, -0.25) is 0 Å².